The van der Waals surface area contributed by atoms with Gasteiger partial charge in [-0.3, -0.25) is 4.79 Å². The molecule has 0 saturated heterocycles. The number of allylic oxidation sites excluding steroid dienone is 3. The number of carbonyl (C=O) groups excluding carboxylic acids is 1. The Bertz CT molecular complexity index is 1050. The van der Waals surface area contributed by atoms with Gasteiger partial charge in [0.05, 0.1) is 11.2 Å². The van der Waals surface area contributed by atoms with Crippen molar-refractivity contribution in [3.8, 4) is 0 Å². The van der Waals surface area contributed by atoms with Crippen molar-refractivity contribution in [2.24, 2.45) is 5.73 Å². The van der Waals surface area contributed by atoms with E-state index in [0.29, 0.717) is 0 Å². The predicted octanol–water partition coefficient (Wildman–Crippen LogP) is 6.88. The molecule has 3 nitrogen and oxygen atoms in total. The molecular weight excluding hydrogens is 488 g/mol. The van der Waals surface area contributed by atoms with Crippen LogP contribution in [0, 0.1) is 0 Å². The van der Waals surface area contributed by atoms with Gasteiger partial charge in [-0.1, -0.05) is 48.6 Å². The number of rotatable bonds is 6. The summed E-state index contributed by atoms with van der Waals surface area (Å²) in [5.74, 6) is -0.995. The van der Waals surface area contributed by atoms with Gasteiger partial charge < -0.3 is 10.2 Å². The van der Waals surface area contributed by atoms with Crippen molar-refractivity contribution in [1.82, 2.24) is 0 Å². The van der Waals surface area contributed by atoms with Crippen LogP contribution in [0.4, 0.5) is 26.3 Å². The minimum Gasteiger partial charge on any atom is -0.408 e. The Morgan fingerprint density at radius 3 is 2.11 bits per heavy atom. The first-order chi connectivity index (χ1) is 16.0. The van der Waals surface area contributed by atoms with Crippen LogP contribution in [-0.4, -0.2) is 32.2 Å². The first-order valence-corrected chi connectivity index (χ1v) is 14.7. The zero-order valence-electron chi connectivity index (χ0n) is 19.8. The van der Waals surface area contributed by atoms with Crippen LogP contribution in [0.5, 0.6) is 0 Å². The lowest BCUT2D eigenvalue weighted by molar-refractivity contribution is -0.120. The molecule has 10 heteroatoms. The van der Waals surface area contributed by atoms with E-state index in [1.165, 1.54) is 24.3 Å². The Morgan fingerprint density at radius 1 is 1.03 bits per heavy atom. The van der Waals surface area contributed by atoms with Gasteiger partial charge >= 0.3 is 12.4 Å². The van der Waals surface area contributed by atoms with Gasteiger partial charge in [-0.2, -0.15) is 26.3 Å². The van der Waals surface area contributed by atoms with E-state index in [-0.39, 0.29) is 24.8 Å². The summed E-state index contributed by atoms with van der Waals surface area (Å²) in [7, 11) is -2.61. The third-order valence-electron chi connectivity index (χ3n) is 6.26. The monoisotopic (exact) mass is 517 g/mol. The van der Waals surface area contributed by atoms with E-state index >= 15 is 0 Å². The summed E-state index contributed by atoms with van der Waals surface area (Å²) in [5.41, 5.74) is -1.74. The smallest absolute Gasteiger partial charge is 0.408 e. The SMILES string of the molecule is C[Si](C)(C)OC1(C2=C(C(F)(F)F)CC(CC(N)=O)(c3ccccc3)C=C2C(F)(F)F)CC=CCC1. The number of halogens is 6. The quantitative estimate of drug-likeness (QED) is 0.254. The van der Waals surface area contributed by atoms with Crippen LogP contribution in [0.15, 0.2) is 65.3 Å². The van der Waals surface area contributed by atoms with Gasteiger partial charge in [-0.05, 0) is 50.9 Å². The molecule has 2 unspecified atom stereocenters. The fourth-order valence-corrected chi connectivity index (χ4v) is 6.66. The molecule has 1 aromatic rings. The fraction of sp³-hybridized carbons (Fsp3) is 0.480. The molecule has 0 aliphatic heterocycles. The van der Waals surface area contributed by atoms with Crippen LogP contribution in [0.25, 0.3) is 0 Å². The average Bonchev–Trinajstić information content (AvgIpc) is 2.71. The number of primary amides is 1. The number of alkyl halides is 6. The maximum absolute atomic E-state index is 14.7. The Kier molecular flexibility index (Phi) is 7.22. The summed E-state index contributed by atoms with van der Waals surface area (Å²) in [6, 6.07) is 7.45. The normalized spacial score (nSPS) is 26.0. The predicted molar refractivity (Wildman–Crippen MR) is 124 cm³/mol. The summed E-state index contributed by atoms with van der Waals surface area (Å²) >= 11 is 0. The largest absolute Gasteiger partial charge is 0.416 e. The van der Waals surface area contributed by atoms with E-state index in [9.17, 15) is 31.1 Å². The van der Waals surface area contributed by atoms with Crippen LogP contribution in [0.1, 0.15) is 37.7 Å². The van der Waals surface area contributed by atoms with E-state index < -0.39 is 67.2 Å². The molecular formula is C25H29F6NO2Si. The maximum atomic E-state index is 14.7. The zero-order valence-corrected chi connectivity index (χ0v) is 20.8. The summed E-state index contributed by atoms with van der Waals surface area (Å²) < 4.78 is 94.2. The molecule has 0 radical (unpaired) electrons. The second kappa shape index (κ2) is 9.27. The molecule has 1 amide bonds. The number of amides is 1. The molecule has 2 aliphatic carbocycles. The fourth-order valence-electron chi connectivity index (χ4n) is 5.20. The highest BCUT2D eigenvalue weighted by Gasteiger charge is 2.57. The molecule has 0 heterocycles. The molecule has 0 spiro atoms. The second-order valence-electron chi connectivity index (χ2n) is 10.2. The minimum absolute atomic E-state index is 0.00966. The molecule has 2 aliphatic rings. The molecule has 192 valence electrons. The topological polar surface area (TPSA) is 52.3 Å². The first kappa shape index (κ1) is 27.3. The van der Waals surface area contributed by atoms with Gasteiger partial charge in [-0.15, -0.1) is 0 Å². The maximum Gasteiger partial charge on any atom is 0.416 e. The lowest BCUT2D eigenvalue weighted by Crippen LogP contribution is -2.50. The molecule has 35 heavy (non-hydrogen) atoms. The van der Waals surface area contributed by atoms with E-state index in [1.54, 1.807) is 37.9 Å². The number of hydrogen-bond donors (Lipinski definition) is 1. The Hall–Kier alpha value is -2.33. The van der Waals surface area contributed by atoms with Crippen LogP contribution < -0.4 is 5.73 Å². The van der Waals surface area contributed by atoms with Gasteiger partial charge in [0.1, 0.15) is 0 Å². The average molecular weight is 518 g/mol. The first-order valence-electron chi connectivity index (χ1n) is 11.3. The van der Waals surface area contributed by atoms with Crippen LogP contribution >= 0.6 is 0 Å². The summed E-state index contributed by atoms with van der Waals surface area (Å²) in [4.78, 5) is 12.0. The van der Waals surface area contributed by atoms with Crippen molar-refractivity contribution in [1.29, 1.82) is 0 Å². The van der Waals surface area contributed by atoms with E-state index in [2.05, 4.69) is 0 Å². The lowest BCUT2D eigenvalue weighted by Gasteiger charge is -2.48. The molecule has 3 rings (SSSR count). The van der Waals surface area contributed by atoms with Crippen molar-refractivity contribution in [3.05, 3.63) is 70.8 Å². The Morgan fingerprint density at radius 2 is 1.66 bits per heavy atom. The van der Waals surface area contributed by atoms with E-state index in [0.717, 1.165) is 6.08 Å². The summed E-state index contributed by atoms with van der Waals surface area (Å²) in [6.07, 6.45) is -7.49. The van der Waals surface area contributed by atoms with Crippen LogP contribution in [0.3, 0.4) is 0 Å². The molecule has 0 saturated carbocycles. The molecule has 0 fully saturated rings. The van der Waals surface area contributed by atoms with Crippen molar-refractivity contribution in [2.75, 3.05) is 0 Å². The molecule has 0 aromatic heterocycles. The highest BCUT2D eigenvalue weighted by Crippen LogP contribution is 2.56. The number of benzene rings is 1. The number of hydrogen-bond acceptors (Lipinski definition) is 2. The molecule has 2 atom stereocenters. The standard InChI is InChI=1S/C25H29F6NO2Si/c1-35(2,3)34-23(12-8-5-9-13-23)21-18(24(26,27)28)14-22(16-20(32)33,15-19(21)25(29,30)31)17-10-6-4-7-11-17/h4-8,10-11,14H,9,12-13,15-16H2,1-3H3,(H2,32,33). The summed E-state index contributed by atoms with van der Waals surface area (Å²) in [6.45, 7) is 5.21. The Labute approximate surface area is 201 Å². The third-order valence-corrected chi connectivity index (χ3v) is 7.26. The second-order valence-corrected chi connectivity index (χ2v) is 14.6. The highest BCUT2D eigenvalue weighted by atomic mass is 28.4. The van der Waals surface area contributed by atoms with Gasteiger partial charge in [0, 0.05) is 23.0 Å². The number of nitrogens with two attached hydrogens (primary N) is 1. The van der Waals surface area contributed by atoms with Gasteiger partial charge in [0.25, 0.3) is 0 Å². The number of carbonyl (C=O) groups is 1. The van der Waals surface area contributed by atoms with Crippen molar-refractivity contribution in [2.45, 2.75) is 75.1 Å². The van der Waals surface area contributed by atoms with E-state index in [1.807, 2.05) is 0 Å². The van der Waals surface area contributed by atoms with Crippen molar-refractivity contribution < 1.29 is 35.6 Å². The highest BCUT2D eigenvalue weighted by molar-refractivity contribution is 6.69. The zero-order chi connectivity index (χ0) is 26.3. The van der Waals surface area contributed by atoms with Crippen LogP contribution in [-0.2, 0) is 14.6 Å². The summed E-state index contributed by atoms with van der Waals surface area (Å²) in [5, 5.41) is 0. The van der Waals surface area contributed by atoms with Gasteiger partial charge in [0.2, 0.25) is 5.91 Å². The van der Waals surface area contributed by atoms with Crippen LogP contribution in [0.2, 0.25) is 19.6 Å². The minimum atomic E-state index is -5.12. The third kappa shape index (κ3) is 5.91. The molecule has 0 bridgehead atoms. The van der Waals surface area contributed by atoms with Crippen molar-refractivity contribution in [3.63, 3.8) is 0 Å². The van der Waals surface area contributed by atoms with Gasteiger partial charge in [-0.25, -0.2) is 0 Å². The van der Waals surface area contributed by atoms with Crippen molar-refractivity contribution >= 4 is 14.2 Å². The molecule has 2 N–H and O–H groups in total. The Balaban J connectivity index is 2.41. The van der Waals surface area contributed by atoms with E-state index in [4.69, 9.17) is 10.2 Å². The molecule has 1 aromatic carbocycles. The van der Waals surface area contributed by atoms with Gasteiger partial charge in [0.15, 0.2) is 8.32 Å². The lowest BCUT2D eigenvalue weighted by atomic mass is 9.63.